The first-order valence-electron chi connectivity index (χ1n) is 43.4. The first-order chi connectivity index (χ1) is 62.8. The van der Waals surface area contributed by atoms with Gasteiger partial charge < -0.3 is 151 Å². The van der Waals surface area contributed by atoms with E-state index in [0.29, 0.717) is 0 Å². The van der Waals surface area contributed by atoms with Gasteiger partial charge in [-0.3, -0.25) is 76.7 Å². The van der Waals surface area contributed by atoms with Crippen LogP contribution in [0.1, 0.15) is 149 Å². The maximum absolute atomic E-state index is 14.1. The van der Waals surface area contributed by atoms with Crippen molar-refractivity contribution in [3.05, 3.63) is 0 Å². The molecular weight excluding hydrogens is 1780 g/mol. The van der Waals surface area contributed by atoms with Gasteiger partial charge in [-0.2, -0.15) is 5.26 Å². The third kappa shape index (κ3) is 50.8. The van der Waals surface area contributed by atoms with Gasteiger partial charge in [-0.05, 0) is 40.5 Å². The monoisotopic (exact) mass is 1910 g/mol. The van der Waals surface area contributed by atoms with Crippen LogP contribution in [0.25, 0.3) is 0 Å². The van der Waals surface area contributed by atoms with Crippen molar-refractivity contribution in [3.8, 4) is 6.07 Å². The Morgan fingerprint density at radius 1 is 0.371 bits per heavy atom. The summed E-state index contributed by atoms with van der Waals surface area (Å²) in [6.45, 7) is 19.3. The zero-order valence-electron chi connectivity index (χ0n) is 77.8. The fourth-order valence-corrected chi connectivity index (χ4v) is 14.6. The van der Waals surface area contributed by atoms with Crippen molar-refractivity contribution in [2.45, 2.75) is 259 Å². The molecule has 0 aliphatic carbocycles. The number of nitrogens with zero attached hydrogens (tertiary/aromatic N) is 2. The minimum absolute atomic E-state index is 0.0407. The predicted octanol–water partition coefficient (Wildman–Crippen LogP) is -1.86. The highest BCUT2D eigenvalue weighted by molar-refractivity contribution is 7.44. The molecule has 3 heterocycles. The van der Waals surface area contributed by atoms with Crippen molar-refractivity contribution in [3.63, 3.8) is 0 Å². The van der Waals surface area contributed by atoms with Crippen LogP contribution in [0.15, 0.2) is 0 Å². The molecule has 752 valence electrons. The van der Waals surface area contributed by atoms with E-state index >= 15 is 0 Å². The zero-order valence-corrected chi connectivity index (χ0v) is 78.7. The second-order valence-corrected chi connectivity index (χ2v) is 31.7. The predicted molar refractivity (Wildman–Crippen MR) is 452 cm³/mol. The number of rotatable bonds is 67. The average molecular weight is 1920 g/mol. The van der Waals surface area contributed by atoms with E-state index in [1.54, 1.807) is 0 Å². The second kappa shape index (κ2) is 67.1. The van der Waals surface area contributed by atoms with Crippen LogP contribution in [-0.4, -0.2) is 375 Å². The van der Waals surface area contributed by atoms with Crippen molar-refractivity contribution in [2.24, 2.45) is 0 Å². The summed E-state index contributed by atoms with van der Waals surface area (Å²) >= 11 is 0. The van der Waals surface area contributed by atoms with Crippen molar-refractivity contribution < 1.29 is 185 Å². The van der Waals surface area contributed by atoms with Gasteiger partial charge in [0.25, 0.3) is 8.53 Å². The first kappa shape index (κ1) is 117. The molecule has 50 heteroatoms. The number of nitriles is 1. The Bertz CT molecular complexity index is 3600. The van der Waals surface area contributed by atoms with E-state index < -0.39 is 221 Å². The lowest BCUT2D eigenvalue weighted by Crippen LogP contribution is -2.66. The molecule has 0 spiro atoms. The molecule has 17 unspecified atom stereocenters. The normalized spacial score (nSPS) is 21.7. The highest BCUT2D eigenvalue weighted by Gasteiger charge is 2.53. The highest BCUT2D eigenvalue weighted by Crippen LogP contribution is 2.46. The minimum Gasteiger partial charge on any atom is -0.463 e. The summed E-state index contributed by atoms with van der Waals surface area (Å²) in [7, 11) is -1.41. The zero-order chi connectivity index (χ0) is 98.0. The smallest absolute Gasteiger partial charge is 0.303 e. The average Bonchev–Trinajstić information content (AvgIpc) is 0.785. The molecule has 3 fully saturated rings. The van der Waals surface area contributed by atoms with Gasteiger partial charge in [-0.15, -0.1) is 0 Å². The number of carbonyl (C=O) groups is 16. The molecule has 17 atom stereocenters. The van der Waals surface area contributed by atoms with Gasteiger partial charge in [-0.1, -0.05) is 0 Å². The highest BCUT2D eigenvalue weighted by atomic mass is 31.2. The SMILES string of the molecule is CC(=O)NC1CC(OC(C)=O)C(COC(C)=O)OC1OCCOCCNC(=O)C(CCC(=O)NC(CCC(=O)NCCOCCOC1OC(COC(C)=O)C(OC(C)=O)C(OC(C)=O)C1NC(C)=O)C(=O)NCCOCCOC1OC(COC(C)=O)C(OC(C)=O)C(OC(C)=O)C1NC(C)=O)NC(=O)CCOCCOCCOCCOCCOP(OCCC#N)N(C(C)C)C(C)C. The van der Waals surface area contributed by atoms with Gasteiger partial charge in [0.05, 0.1) is 144 Å². The van der Waals surface area contributed by atoms with E-state index in [-0.39, 0.29) is 202 Å². The Morgan fingerprint density at radius 3 is 1.11 bits per heavy atom. The summed E-state index contributed by atoms with van der Waals surface area (Å²) < 4.78 is 132. The Morgan fingerprint density at radius 2 is 0.712 bits per heavy atom. The van der Waals surface area contributed by atoms with Crippen molar-refractivity contribution in [1.29, 1.82) is 5.26 Å². The molecular formula is C82H135N10O39P. The van der Waals surface area contributed by atoms with E-state index in [0.717, 1.165) is 48.5 Å². The lowest BCUT2D eigenvalue weighted by Gasteiger charge is -2.44. The number of hydrogen-bond acceptors (Lipinski definition) is 41. The molecule has 0 aromatic carbocycles. The van der Waals surface area contributed by atoms with Crippen LogP contribution >= 0.6 is 8.53 Å². The van der Waals surface area contributed by atoms with Crippen LogP contribution in [0, 0.1) is 11.3 Å². The molecule has 0 aromatic heterocycles. The molecule has 0 aromatic rings. The molecule has 3 saturated heterocycles. The Labute approximate surface area is 768 Å². The topological polar surface area (TPSA) is 609 Å². The van der Waals surface area contributed by atoms with Crippen LogP contribution in [0.3, 0.4) is 0 Å². The minimum atomic E-state index is -1.44. The molecule has 8 N–H and O–H groups in total. The molecule has 132 heavy (non-hydrogen) atoms. The number of ether oxygens (including phenoxy) is 21. The van der Waals surface area contributed by atoms with Crippen molar-refractivity contribution in [1.82, 2.24) is 47.2 Å². The maximum atomic E-state index is 14.1. The van der Waals surface area contributed by atoms with Gasteiger partial charge in [0.2, 0.25) is 47.3 Å². The Hall–Kier alpha value is -9.20. The van der Waals surface area contributed by atoms with Gasteiger partial charge in [0.1, 0.15) is 68.4 Å². The van der Waals surface area contributed by atoms with Crippen LogP contribution in [0.4, 0.5) is 0 Å². The van der Waals surface area contributed by atoms with Gasteiger partial charge in [0, 0.05) is 134 Å². The molecule has 3 rings (SSSR count). The molecule has 0 radical (unpaired) electrons. The van der Waals surface area contributed by atoms with Gasteiger partial charge in [-0.25, -0.2) is 4.67 Å². The fraction of sp³-hybridized carbons (Fsp3) is 0.793. The van der Waals surface area contributed by atoms with Crippen LogP contribution in [-0.2, 0) is 185 Å². The number of esters is 8. The Balaban J connectivity index is 1.78. The molecule has 49 nitrogen and oxygen atoms in total. The molecule has 3 aliphatic heterocycles. The summed E-state index contributed by atoms with van der Waals surface area (Å²) in [5.41, 5.74) is 0. The summed E-state index contributed by atoms with van der Waals surface area (Å²) in [4.78, 5) is 203. The molecule has 3 aliphatic rings. The van der Waals surface area contributed by atoms with Crippen LogP contribution in [0.5, 0.6) is 0 Å². The third-order valence-corrected chi connectivity index (χ3v) is 20.4. The van der Waals surface area contributed by atoms with Crippen LogP contribution < -0.4 is 42.5 Å². The summed E-state index contributed by atoms with van der Waals surface area (Å²) in [6, 6.07) is -3.83. The Kier molecular flexibility index (Phi) is 59.4. The standard InChI is InChI=1S/C82H135N10O39P/c1-49(2)92(50(3)4)132(122-26-16-22-83)123-44-40-115-36-35-114-34-33-113-32-31-109-27-21-71(106)91-63(79(108)86-24-29-111-37-41-116-80-64(87-51(5)93)45-65(124-57(11)99)66(129-80)46-119-54(8)96)18-20-70(105)90-62(78(107)85-25-30-112-39-43-118-82-73(89-53(7)95)77(128-61(15)103)75(126-59(13)101)68(131-82)48-121-56(10)98)17-19-69(104)84-23-28-110-38-42-117-81-72(88-52(6)94)76(127-60(14)102)74(125-58(12)100)67(130-81)47-120-55(9)97/h49-50,62-68,72-77,80-82H,16-21,23-48H2,1-15H3,(H,84,104)(H,85,107)(H,86,108)(H,87,93)(H,88,94)(H,89,95)(H,90,105)(H,91,106). The van der Waals surface area contributed by atoms with Crippen molar-refractivity contribution in [2.75, 3.05) is 165 Å². The summed E-state index contributed by atoms with van der Waals surface area (Å²) in [5, 5.41) is 30.1. The maximum Gasteiger partial charge on any atom is 0.303 e. The van der Waals surface area contributed by atoms with Crippen molar-refractivity contribution >= 4 is 104 Å². The van der Waals surface area contributed by atoms with Gasteiger partial charge in [0.15, 0.2) is 43.3 Å². The third-order valence-electron chi connectivity index (χ3n) is 18.3. The van der Waals surface area contributed by atoms with E-state index in [1.807, 2.05) is 27.7 Å². The molecule has 0 bridgehead atoms. The first-order valence-corrected chi connectivity index (χ1v) is 44.5. The summed E-state index contributed by atoms with van der Waals surface area (Å²) in [5.74, 6) is -11.3. The lowest BCUT2D eigenvalue weighted by atomic mass is 9.96. The van der Waals surface area contributed by atoms with E-state index in [9.17, 15) is 76.7 Å². The number of carbonyl (C=O) groups excluding carboxylic acids is 16. The second-order valence-electron chi connectivity index (χ2n) is 30.3. The lowest BCUT2D eigenvalue weighted by molar-refractivity contribution is -0.279. The summed E-state index contributed by atoms with van der Waals surface area (Å²) in [6.07, 6.45) is -15.4. The van der Waals surface area contributed by atoms with E-state index in [4.69, 9.17) is 114 Å². The number of amides is 8. The van der Waals surface area contributed by atoms with Crippen LogP contribution in [0.2, 0.25) is 0 Å². The van der Waals surface area contributed by atoms with E-state index in [2.05, 4.69) is 53.3 Å². The van der Waals surface area contributed by atoms with E-state index in [1.165, 1.54) is 27.7 Å². The number of hydrogen-bond donors (Lipinski definition) is 8. The molecule has 0 saturated carbocycles. The van der Waals surface area contributed by atoms with Gasteiger partial charge >= 0.3 is 47.8 Å². The number of nitrogens with one attached hydrogen (secondary N) is 8. The quantitative estimate of drug-likeness (QED) is 0.0143. The fourth-order valence-electron chi connectivity index (χ4n) is 13.1. The molecule has 8 amide bonds. The largest absolute Gasteiger partial charge is 0.463 e.